The Morgan fingerprint density at radius 3 is 2.65 bits per heavy atom. The molecule has 0 radical (unpaired) electrons. The first-order chi connectivity index (χ1) is 16.3. The maximum Gasteiger partial charge on any atom is 0.417 e. The molecule has 1 atom stereocenters. The normalized spacial score (nSPS) is 21.1. The Kier molecular flexibility index (Phi) is 5.97. The summed E-state index contributed by atoms with van der Waals surface area (Å²) in [4.78, 5) is 18.1. The minimum Gasteiger partial charge on any atom is -0.384 e. The first kappa shape index (κ1) is 23.0. The Morgan fingerprint density at radius 2 is 1.97 bits per heavy atom. The van der Waals surface area contributed by atoms with Crippen molar-refractivity contribution in [2.24, 2.45) is 5.41 Å². The Bertz CT molecular complexity index is 1160. The van der Waals surface area contributed by atoms with E-state index in [0.717, 1.165) is 50.9 Å². The number of ether oxygens (including phenoxy) is 1. The lowest BCUT2D eigenvalue weighted by atomic mass is 9.69. The Morgan fingerprint density at radius 1 is 1.15 bits per heavy atom. The van der Waals surface area contributed by atoms with Gasteiger partial charge in [0.1, 0.15) is 17.2 Å². The van der Waals surface area contributed by atoms with Gasteiger partial charge >= 0.3 is 6.18 Å². The van der Waals surface area contributed by atoms with Gasteiger partial charge in [-0.3, -0.25) is 9.30 Å². The highest BCUT2D eigenvalue weighted by Gasteiger charge is 2.40. The van der Waals surface area contributed by atoms with Crippen molar-refractivity contribution >= 4 is 11.5 Å². The lowest BCUT2D eigenvalue weighted by molar-refractivity contribution is -0.137. The molecule has 5 rings (SSSR count). The smallest absolute Gasteiger partial charge is 0.384 e. The van der Waals surface area contributed by atoms with Crippen LogP contribution in [0.25, 0.3) is 17.2 Å². The van der Waals surface area contributed by atoms with Crippen LogP contribution in [0.15, 0.2) is 36.8 Å². The van der Waals surface area contributed by atoms with Crippen LogP contribution in [0.3, 0.4) is 0 Å². The predicted octanol–water partition coefficient (Wildman–Crippen LogP) is 4.14. The quantitative estimate of drug-likeness (QED) is 0.535. The van der Waals surface area contributed by atoms with Crippen molar-refractivity contribution in [2.45, 2.75) is 38.4 Å². The molecule has 0 aromatic carbocycles. The summed E-state index contributed by atoms with van der Waals surface area (Å²) >= 11 is 0. The van der Waals surface area contributed by atoms with Gasteiger partial charge in [-0.15, -0.1) is 0 Å². The second-order valence-corrected chi connectivity index (χ2v) is 9.59. The highest BCUT2D eigenvalue weighted by molar-refractivity contribution is 5.59. The largest absolute Gasteiger partial charge is 0.417 e. The van der Waals surface area contributed by atoms with Gasteiger partial charge in [0.2, 0.25) is 0 Å². The highest BCUT2D eigenvalue weighted by atomic mass is 19.4. The number of rotatable bonds is 6. The van der Waals surface area contributed by atoms with Crippen LogP contribution in [0.2, 0.25) is 0 Å². The fraction of sp³-hybridized carbons (Fsp3) is 0.542. The summed E-state index contributed by atoms with van der Waals surface area (Å²) in [7, 11) is 1.78. The zero-order valence-electron chi connectivity index (χ0n) is 19.4. The number of pyridine rings is 1. The number of halogens is 3. The van der Waals surface area contributed by atoms with Crippen LogP contribution in [0, 0.1) is 5.41 Å². The minimum atomic E-state index is -4.44. The molecule has 2 aliphatic rings. The molecule has 1 saturated heterocycles. The van der Waals surface area contributed by atoms with Gasteiger partial charge in [-0.2, -0.15) is 13.2 Å². The van der Waals surface area contributed by atoms with Gasteiger partial charge < -0.3 is 9.64 Å². The molecule has 1 saturated carbocycles. The molecule has 1 aliphatic heterocycles. The molecule has 34 heavy (non-hydrogen) atoms. The molecular weight excluding hydrogens is 445 g/mol. The summed E-state index contributed by atoms with van der Waals surface area (Å²) in [5.41, 5.74) is 0.399. The Hall–Kier alpha value is -2.72. The van der Waals surface area contributed by atoms with E-state index in [2.05, 4.69) is 26.7 Å². The van der Waals surface area contributed by atoms with E-state index in [1.54, 1.807) is 13.3 Å². The molecule has 0 amide bonds. The van der Waals surface area contributed by atoms with E-state index in [4.69, 9.17) is 9.72 Å². The zero-order valence-corrected chi connectivity index (χ0v) is 19.4. The number of hydrogen-bond donors (Lipinski definition) is 0. The van der Waals surface area contributed by atoms with Gasteiger partial charge in [-0.25, -0.2) is 15.0 Å². The number of anilines is 1. The first-order valence-electron chi connectivity index (χ1n) is 11.6. The SMILES string of the molecule is COCC1(CN2CCN(c3ccnc(-c4cnc5ccc(C(F)(F)F)cn45)n3)C(C)C2)CCC1. The molecule has 0 N–H and O–H groups in total. The van der Waals surface area contributed by atoms with Crippen molar-refractivity contribution in [1.29, 1.82) is 0 Å². The summed E-state index contributed by atoms with van der Waals surface area (Å²) in [6.07, 6.45) is 3.51. The van der Waals surface area contributed by atoms with E-state index < -0.39 is 11.7 Å². The molecule has 3 aromatic rings. The predicted molar refractivity (Wildman–Crippen MR) is 123 cm³/mol. The maximum absolute atomic E-state index is 13.2. The number of fused-ring (bicyclic) bond motifs is 1. The van der Waals surface area contributed by atoms with E-state index in [9.17, 15) is 13.2 Å². The number of imidazole rings is 1. The number of hydrogen-bond acceptors (Lipinski definition) is 6. The van der Waals surface area contributed by atoms with Crippen LogP contribution in [0.1, 0.15) is 31.7 Å². The third-order valence-electron chi connectivity index (χ3n) is 7.13. The molecule has 1 unspecified atom stereocenters. The molecule has 10 heteroatoms. The Labute approximate surface area is 196 Å². The topological polar surface area (TPSA) is 58.8 Å². The summed E-state index contributed by atoms with van der Waals surface area (Å²) in [5, 5.41) is 0. The van der Waals surface area contributed by atoms with Gasteiger partial charge in [0, 0.05) is 57.1 Å². The van der Waals surface area contributed by atoms with E-state index in [0.29, 0.717) is 17.2 Å². The van der Waals surface area contributed by atoms with Gasteiger partial charge in [-0.05, 0) is 38.0 Å². The number of piperazine rings is 1. The van der Waals surface area contributed by atoms with E-state index in [-0.39, 0.29) is 11.5 Å². The van der Waals surface area contributed by atoms with Gasteiger partial charge in [0.15, 0.2) is 5.82 Å². The molecule has 0 spiro atoms. The lowest BCUT2D eigenvalue weighted by Gasteiger charge is -2.48. The second kappa shape index (κ2) is 8.81. The molecule has 182 valence electrons. The van der Waals surface area contributed by atoms with Crippen molar-refractivity contribution in [3.63, 3.8) is 0 Å². The van der Waals surface area contributed by atoms with E-state index in [1.165, 1.54) is 35.9 Å². The van der Waals surface area contributed by atoms with E-state index in [1.807, 2.05) is 6.07 Å². The number of nitrogens with zero attached hydrogens (tertiary/aromatic N) is 6. The number of methoxy groups -OCH3 is 1. The fourth-order valence-electron chi connectivity index (χ4n) is 5.27. The summed E-state index contributed by atoms with van der Waals surface area (Å²) in [5.74, 6) is 1.13. The third-order valence-corrected chi connectivity index (χ3v) is 7.13. The standard InChI is InChI=1S/C24H29F3N6O/c1-17-13-31(15-23(16-34-2)7-3-8-23)10-11-32(17)21-6-9-28-22(30-21)19-12-29-20-5-4-18(14-33(19)20)24(25,26)27/h4-6,9,12,14,17H,3,7-8,10-11,13,15-16H2,1-2H3. The van der Waals surface area contributed by atoms with Gasteiger partial charge in [-0.1, -0.05) is 6.42 Å². The van der Waals surface area contributed by atoms with Crippen molar-refractivity contribution in [1.82, 2.24) is 24.3 Å². The molecule has 0 bridgehead atoms. The van der Waals surface area contributed by atoms with Crippen molar-refractivity contribution in [3.8, 4) is 11.5 Å². The fourth-order valence-corrected chi connectivity index (χ4v) is 5.27. The average molecular weight is 475 g/mol. The lowest BCUT2D eigenvalue weighted by Crippen LogP contribution is -2.56. The second-order valence-electron chi connectivity index (χ2n) is 9.59. The monoisotopic (exact) mass is 474 g/mol. The van der Waals surface area contributed by atoms with Crippen molar-refractivity contribution in [2.75, 3.05) is 44.8 Å². The maximum atomic E-state index is 13.2. The molecule has 3 aromatic heterocycles. The molecular formula is C24H29F3N6O. The van der Waals surface area contributed by atoms with E-state index >= 15 is 0 Å². The molecule has 7 nitrogen and oxygen atoms in total. The van der Waals surface area contributed by atoms with Gasteiger partial charge in [0.25, 0.3) is 0 Å². The molecule has 2 fully saturated rings. The number of alkyl halides is 3. The van der Waals surface area contributed by atoms with Crippen molar-refractivity contribution < 1.29 is 17.9 Å². The van der Waals surface area contributed by atoms with Gasteiger partial charge in [0.05, 0.1) is 18.4 Å². The van der Waals surface area contributed by atoms with Crippen LogP contribution in [-0.4, -0.2) is 70.2 Å². The Balaban J connectivity index is 1.35. The van der Waals surface area contributed by atoms with Crippen LogP contribution in [0.4, 0.5) is 19.0 Å². The average Bonchev–Trinajstić information content (AvgIpc) is 3.21. The van der Waals surface area contributed by atoms with Crippen LogP contribution >= 0.6 is 0 Å². The highest BCUT2D eigenvalue weighted by Crippen LogP contribution is 2.42. The summed E-state index contributed by atoms with van der Waals surface area (Å²) < 4.78 is 46.6. The van der Waals surface area contributed by atoms with Crippen molar-refractivity contribution in [3.05, 3.63) is 42.4 Å². The third kappa shape index (κ3) is 4.36. The van der Waals surface area contributed by atoms with Crippen LogP contribution in [0.5, 0.6) is 0 Å². The van der Waals surface area contributed by atoms with Crippen LogP contribution < -0.4 is 4.90 Å². The zero-order chi connectivity index (χ0) is 23.9. The first-order valence-corrected chi connectivity index (χ1v) is 11.6. The summed E-state index contributed by atoms with van der Waals surface area (Å²) in [6.45, 7) is 6.73. The minimum absolute atomic E-state index is 0.246. The number of aromatic nitrogens is 4. The molecule has 4 heterocycles. The summed E-state index contributed by atoms with van der Waals surface area (Å²) in [6, 6.07) is 4.49. The van der Waals surface area contributed by atoms with Crippen LogP contribution in [-0.2, 0) is 10.9 Å². The molecule has 1 aliphatic carbocycles.